The summed E-state index contributed by atoms with van der Waals surface area (Å²) in [6.45, 7) is 1.43. The van der Waals surface area contributed by atoms with Crippen LogP contribution in [0.3, 0.4) is 0 Å². The summed E-state index contributed by atoms with van der Waals surface area (Å²) in [6.07, 6.45) is 1.99. The second kappa shape index (κ2) is 4.16. The van der Waals surface area contributed by atoms with Crippen LogP contribution in [0.15, 0.2) is 30.5 Å². The van der Waals surface area contributed by atoms with Crippen molar-refractivity contribution in [2.45, 2.75) is 6.54 Å². The molecule has 1 aromatic heterocycles. The molecule has 2 aromatic rings. The lowest BCUT2D eigenvalue weighted by Gasteiger charge is -2.05. The fraction of sp³-hybridized carbons (Fsp3) is 0.250. The molecule has 15 heavy (non-hydrogen) atoms. The molecule has 3 nitrogen and oxygen atoms in total. The molecule has 0 saturated heterocycles. The van der Waals surface area contributed by atoms with E-state index >= 15 is 0 Å². The van der Waals surface area contributed by atoms with Crippen LogP contribution in [0.25, 0.3) is 10.9 Å². The summed E-state index contributed by atoms with van der Waals surface area (Å²) in [4.78, 5) is 0. The van der Waals surface area contributed by atoms with Crippen molar-refractivity contribution in [3.05, 3.63) is 36.0 Å². The summed E-state index contributed by atoms with van der Waals surface area (Å²) in [5.41, 5.74) is 1.71. The molecule has 0 N–H and O–H groups in total. The molecule has 0 aliphatic heterocycles. The van der Waals surface area contributed by atoms with Gasteiger partial charge in [0.2, 0.25) is 0 Å². The monoisotopic (exact) mass is 200 g/mol. The van der Waals surface area contributed by atoms with E-state index in [1.165, 1.54) is 0 Å². The summed E-state index contributed by atoms with van der Waals surface area (Å²) in [5, 5.41) is 10.1. The normalized spacial score (nSPS) is 10.4. The highest BCUT2D eigenvalue weighted by Gasteiger charge is 2.05. The van der Waals surface area contributed by atoms with E-state index in [-0.39, 0.29) is 0 Å². The first kappa shape index (κ1) is 9.75. The van der Waals surface area contributed by atoms with Crippen LogP contribution in [0.4, 0.5) is 0 Å². The Morgan fingerprint density at radius 2 is 2.27 bits per heavy atom. The van der Waals surface area contributed by atoms with Gasteiger partial charge in [-0.05, 0) is 12.1 Å². The van der Waals surface area contributed by atoms with E-state index < -0.39 is 0 Å². The van der Waals surface area contributed by atoms with Crippen molar-refractivity contribution in [1.82, 2.24) is 4.57 Å². The van der Waals surface area contributed by atoms with Crippen molar-refractivity contribution < 1.29 is 4.74 Å². The Morgan fingerprint density at radius 3 is 3.00 bits per heavy atom. The van der Waals surface area contributed by atoms with Gasteiger partial charge in [0.1, 0.15) is 6.07 Å². The zero-order chi connectivity index (χ0) is 10.7. The highest BCUT2D eigenvalue weighted by Crippen LogP contribution is 2.19. The molecular weight excluding hydrogens is 188 g/mol. The molecule has 0 fully saturated rings. The molecule has 0 aliphatic carbocycles. The predicted molar refractivity (Wildman–Crippen MR) is 58.5 cm³/mol. The van der Waals surface area contributed by atoms with Gasteiger partial charge in [-0.1, -0.05) is 12.1 Å². The molecule has 0 aliphatic rings. The van der Waals surface area contributed by atoms with Crippen molar-refractivity contribution in [1.29, 1.82) is 5.26 Å². The van der Waals surface area contributed by atoms with Crippen molar-refractivity contribution >= 4 is 10.9 Å². The Morgan fingerprint density at radius 1 is 1.40 bits per heavy atom. The maximum absolute atomic E-state index is 9.01. The number of benzene rings is 1. The summed E-state index contributed by atoms with van der Waals surface area (Å²) in [6, 6.07) is 9.99. The molecule has 0 spiro atoms. The number of aromatic nitrogens is 1. The van der Waals surface area contributed by atoms with Gasteiger partial charge in [-0.25, -0.2) is 0 Å². The Bertz CT molecular complexity index is 508. The first-order valence-corrected chi connectivity index (χ1v) is 4.83. The van der Waals surface area contributed by atoms with Gasteiger partial charge >= 0.3 is 0 Å². The van der Waals surface area contributed by atoms with Crippen LogP contribution >= 0.6 is 0 Å². The Hall–Kier alpha value is -1.79. The van der Waals surface area contributed by atoms with E-state index in [1.54, 1.807) is 7.11 Å². The van der Waals surface area contributed by atoms with Crippen molar-refractivity contribution in [2.75, 3.05) is 13.7 Å². The highest BCUT2D eigenvalue weighted by atomic mass is 16.5. The summed E-state index contributed by atoms with van der Waals surface area (Å²) < 4.78 is 7.09. The number of hydrogen-bond donors (Lipinski definition) is 0. The summed E-state index contributed by atoms with van der Waals surface area (Å²) >= 11 is 0. The van der Waals surface area contributed by atoms with Crippen LogP contribution in [0, 0.1) is 11.3 Å². The average molecular weight is 200 g/mol. The number of para-hydroxylation sites is 1. The maximum atomic E-state index is 9.01. The standard InChI is InChI=1S/C12H12N2O/c1-15-8-7-14-6-5-10-3-2-4-11(9-13)12(10)14/h2-6H,7-8H2,1H3. The summed E-state index contributed by atoms with van der Waals surface area (Å²) in [5.74, 6) is 0. The van der Waals surface area contributed by atoms with Gasteiger partial charge in [-0.3, -0.25) is 0 Å². The SMILES string of the molecule is COCCn1ccc2cccc(C#N)c21. The van der Waals surface area contributed by atoms with E-state index in [0.717, 1.165) is 17.4 Å². The molecule has 2 rings (SSSR count). The molecule has 0 amide bonds. The van der Waals surface area contributed by atoms with Crippen molar-refractivity contribution in [2.24, 2.45) is 0 Å². The lowest BCUT2D eigenvalue weighted by Crippen LogP contribution is -2.03. The molecule has 1 heterocycles. The number of nitriles is 1. The third-order valence-electron chi connectivity index (χ3n) is 2.45. The number of rotatable bonds is 3. The fourth-order valence-corrected chi connectivity index (χ4v) is 1.73. The average Bonchev–Trinajstić information content (AvgIpc) is 2.69. The van der Waals surface area contributed by atoms with E-state index in [4.69, 9.17) is 10.00 Å². The van der Waals surface area contributed by atoms with E-state index in [2.05, 4.69) is 10.6 Å². The minimum Gasteiger partial charge on any atom is -0.383 e. The minimum atomic E-state index is 0.656. The predicted octanol–water partition coefficient (Wildman–Crippen LogP) is 2.16. The third kappa shape index (κ3) is 1.72. The van der Waals surface area contributed by atoms with Gasteiger partial charge in [-0.15, -0.1) is 0 Å². The number of methoxy groups -OCH3 is 1. The summed E-state index contributed by atoms with van der Waals surface area (Å²) in [7, 11) is 1.68. The molecule has 0 atom stereocenters. The smallest absolute Gasteiger partial charge is 0.101 e. The molecule has 76 valence electrons. The van der Waals surface area contributed by atoms with Gasteiger partial charge in [0, 0.05) is 25.2 Å². The number of fused-ring (bicyclic) bond motifs is 1. The Labute approximate surface area is 88.5 Å². The van der Waals surface area contributed by atoms with Gasteiger partial charge < -0.3 is 9.30 Å². The second-order valence-corrected chi connectivity index (χ2v) is 3.36. The Balaban J connectivity index is 2.52. The largest absolute Gasteiger partial charge is 0.383 e. The van der Waals surface area contributed by atoms with Gasteiger partial charge in [0.15, 0.2) is 0 Å². The van der Waals surface area contributed by atoms with Crippen molar-refractivity contribution in [3.8, 4) is 6.07 Å². The van der Waals surface area contributed by atoms with E-state index in [1.807, 2.05) is 30.5 Å². The van der Waals surface area contributed by atoms with Gasteiger partial charge in [0.05, 0.1) is 17.7 Å². The highest BCUT2D eigenvalue weighted by molar-refractivity contribution is 5.85. The van der Waals surface area contributed by atoms with Crippen LogP contribution in [-0.2, 0) is 11.3 Å². The topological polar surface area (TPSA) is 38.0 Å². The van der Waals surface area contributed by atoms with E-state index in [0.29, 0.717) is 12.2 Å². The molecule has 0 radical (unpaired) electrons. The third-order valence-corrected chi connectivity index (χ3v) is 2.45. The fourth-order valence-electron chi connectivity index (χ4n) is 1.73. The van der Waals surface area contributed by atoms with Crippen LogP contribution in [0.5, 0.6) is 0 Å². The maximum Gasteiger partial charge on any atom is 0.101 e. The minimum absolute atomic E-state index is 0.656. The van der Waals surface area contributed by atoms with Crippen LogP contribution in [0.2, 0.25) is 0 Å². The van der Waals surface area contributed by atoms with E-state index in [9.17, 15) is 0 Å². The van der Waals surface area contributed by atoms with Gasteiger partial charge in [0.25, 0.3) is 0 Å². The van der Waals surface area contributed by atoms with Gasteiger partial charge in [-0.2, -0.15) is 5.26 Å². The molecule has 1 aromatic carbocycles. The number of nitrogens with zero attached hydrogens (tertiary/aromatic N) is 2. The first-order valence-electron chi connectivity index (χ1n) is 4.83. The number of ether oxygens (including phenoxy) is 1. The molecule has 0 bridgehead atoms. The molecule has 0 unspecified atom stereocenters. The quantitative estimate of drug-likeness (QED) is 0.761. The van der Waals surface area contributed by atoms with Crippen LogP contribution in [0.1, 0.15) is 5.56 Å². The van der Waals surface area contributed by atoms with Crippen molar-refractivity contribution in [3.63, 3.8) is 0 Å². The zero-order valence-electron chi connectivity index (χ0n) is 8.60. The zero-order valence-corrected chi connectivity index (χ0v) is 8.60. The second-order valence-electron chi connectivity index (χ2n) is 3.36. The lowest BCUT2D eigenvalue weighted by molar-refractivity contribution is 0.188. The Kier molecular flexibility index (Phi) is 2.70. The molecule has 3 heteroatoms. The molecular formula is C12H12N2O. The first-order chi connectivity index (χ1) is 7.36. The number of hydrogen-bond acceptors (Lipinski definition) is 2. The lowest BCUT2D eigenvalue weighted by atomic mass is 10.1. The van der Waals surface area contributed by atoms with Crippen LogP contribution < -0.4 is 0 Å². The molecule has 0 saturated carbocycles. The van der Waals surface area contributed by atoms with Crippen LogP contribution in [-0.4, -0.2) is 18.3 Å².